The molecule has 2 heterocycles. The van der Waals surface area contributed by atoms with Gasteiger partial charge in [-0.2, -0.15) is 0 Å². The number of hydrogen-bond acceptors (Lipinski definition) is 8. The van der Waals surface area contributed by atoms with Crippen molar-refractivity contribution in [3.05, 3.63) is 36.0 Å². The summed E-state index contributed by atoms with van der Waals surface area (Å²) in [6, 6.07) is 7.58. The summed E-state index contributed by atoms with van der Waals surface area (Å²) in [7, 11) is 1.62. The number of nitrogens with zero attached hydrogens (tertiary/aromatic N) is 4. The minimum Gasteiger partial charge on any atom is -0.497 e. The Labute approximate surface area is 146 Å². The van der Waals surface area contributed by atoms with Gasteiger partial charge in [0.25, 0.3) is 0 Å². The zero-order valence-electron chi connectivity index (χ0n) is 12.7. The van der Waals surface area contributed by atoms with Crippen LogP contribution in [-0.4, -0.2) is 38.6 Å². The average molecular weight is 362 g/mol. The molecule has 8 nitrogen and oxygen atoms in total. The van der Waals surface area contributed by atoms with Gasteiger partial charge in [-0.05, 0) is 24.3 Å². The van der Waals surface area contributed by atoms with Crippen LogP contribution in [0.3, 0.4) is 0 Å². The fourth-order valence-corrected chi connectivity index (χ4v) is 3.22. The number of nitrogens with two attached hydrogens (primary N) is 1. The van der Waals surface area contributed by atoms with Crippen LogP contribution >= 0.6 is 23.1 Å². The van der Waals surface area contributed by atoms with E-state index in [0.717, 1.165) is 17.0 Å². The fraction of sp³-hybridized carbons (Fsp3) is 0.143. The quantitative estimate of drug-likeness (QED) is 0.509. The Morgan fingerprint density at radius 3 is 2.88 bits per heavy atom. The minimum absolute atomic E-state index is 0.174. The number of methoxy groups -OCH3 is 1. The molecule has 3 N–H and O–H groups in total. The Kier molecular flexibility index (Phi) is 4.96. The van der Waals surface area contributed by atoms with Gasteiger partial charge >= 0.3 is 0 Å². The maximum atomic E-state index is 12.0. The maximum Gasteiger partial charge on any atom is 0.236 e. The van der Waals surface area contributed by atoms with Crippen LogP contribution in [0.2, 0.25) is 0 Å². The molecule has 1 amide bonds. The van der Waals surface area contributed by atoms with E-state index in [-0.39, 0.29) is 11.7 Å². The zero-order valence-corrected chi connectivity index (χ0v) is 14.3. The number of thiazole rings is 1. The second-order valence-corrected chi connectivity index (χ2v) is 6.42. The molecule has 1 aromatic carbocycles. The van der Waals surface area contributed by atoms with Crippen LogP contribution in [0.4, 0.5) is 5.13 Å². The molecule has 0 radical (unpaired) electrons. The molecule has 0 spiro atoms. The van der Waals surface area contributed by atoms with Crippen LogP contribution in [0.1, 0.15) is 0 Å². The van der Waals surface area contributed by atoms with E-state index in [1.807, 2.05) is 29.6 Å². The monoisotopic (exact) mass is 362 g/mol. The van der Waals surface area contributed by atoms with E-state index in [1.54, 1.807) is 7.11 Å². The van der Waals surface area contributed by atoms with Gasteiger partial charge in [0, 0.05) is 10.9 Å². The zero-order chi connectivity index (χ0) is 16.9. The summed E-state index contributed by atoms with van der Waals surface area (Å²) < 4.78 is 6.40. The molecular formula is C14H14N6O2S2. The summed E-state index contributed by atoms with van der Waals surface area (Å²) in [6.07, 6.45) is 1.38. The first-order chi connectivity index (χ1) is 11.7. The Morgan fingerprint density at radius 2 is 2.21 bits per heavy atom. The number of ether oxygens (including phenoxy) is 1. The lowest BCUT2D eigenvalue weighted by Gasteiger charge is -2.02. The van der Waals surface area contributed by atoms with Crippen LogP contribution in [-0.2, 0) is 4.79 Å². The summed E-state index contributed by atoms with van der Waals surface area (Å²) in [5, 5.41) is 13.1. The van der Waals surface area contributed by atoms with E-state index in [4.69, 9.17) is 10.6 Å². The number of carbonyl (C=O) groups excluding carboxylic acids is 1. The molecule has 0 unspecified atom stereocenters. The van der Waals surface area contributed by atoms with E-state index in [2.05, 4.69) is 20.5 Å². The van der Waals surface area contributed by atoms with Gasteiger partial charge in [0.1, 0.15) is 12.1 Å². The Morgan fingerprint density at radius 1 is 1.42 bits per heavy atom. The van der Waals surface area contributed by atoms with E-state index in [0.29, 0.717) is 10.3 Å². The molecule has 124 valence electrons. The molecule has 3 rings (SSSR count). The Hall–Kier alpha value is -2.59. The molecule has 3 aromatic rings. The van der Waals surface area contributed by atoms with Gasteiger partial charge in [-0.3, -0.25) is 4.79 Å². The largest absolute Gasteiger partial charge is 0.497 e. The predicted octanol–water partition coefficient (Wildman–Crippen LogP) is 1.85. The first-order valence-electron chi connectivity index (χ1n) is 6.83. The number of nitrogen functional groups attached to an aromatic ring is 1. The Balaban J connectivity index is 1.58. The predicted molar refractivity (Wildman–Crippen MR) is 93.6 cm³/mol. The molecule has 0 atom stereocenters. The van der Waals surface area contributed by atoms with E-state index in [1.165, 1.54) is 34.1 Å². The van der Waals surface area contributed by atoms with Crippen molar-refractivity contribution in [2.24, 2.45) is 0 Å². The van der Waals surface area contributed by atoms with Crippen molar-refractivity contribution in [1.82, 2.24) is 19.9 Å². The topological polar surface area (TPSA) is 108 Å². The fourth-order valence-electron chi connectivity index (χ4n) is 1.85. The lowest BCUT2D eigenvalue weighted by Crippen LogP contribution is -2.15. The van der Waals surface area contributed by atoms with E-state index < -0.39 is 0 Å². The van der Waals surface area contributed by atoms with Crippen molar-refractivity contribution in [2.45, 2.75) is 5.16 Å². The summed E-state index contributed by atoms with van der Waals surface area (Å²) in [4.78, 5) is 16.4. The van der Waals surface area contributed by atoms with Crippen LogP contribution in [0.5, 0.6) is 5.75 Å². The number of amides is 1. The van der Waals surface area contributed by atoms with Gasteiger partial charge in [-0.25, -0.2) is 9.66 Å². The lowest BCUT2D eigenvalue weighted by molar-refractivity contribution is -0.113. The molecule has 0 bridgehead atoms. The highest BCUT2D eigenvalue weighted by atomic mass is 32.2. The second-order valence-electron chi connectivity index (χ2n) is 4.62. The molecular weight excluding hydrogens is 348 g/mol. The van der Waals surface area contributed by atoms with Gasteiger partial charge in [0.2, 0.25) is 11.1 Å². The van der Waals surface area contributed by atoms with Gasteiger partial charge in [-0.15, -0.1) is 21.5 Å². The highest BCUT2D eigenvalue weighted by Gasteiger charge is 2.10. The first-order valence-corrected chi connectivity index (χ1v) is 8.70. The van der Waals surface area contributed by atoms with Gasteiger partial charge in [0.05, 0.1) is 18.6 Å². The summed E-state index contributed by atoms with van der Waals surface area (Å²) in [5.74, 6) is 6.36. The van der Waals surface area contributed by atoms with Gasteiger partial charge in [-0.1, -0.05) is 11.8 Å². The molecule has 0 aliphatic heterocycles. The third-order valence-electron chi connectivity index (χ3n) is 3.01. The second kappa shape index (κ2) is 7.32. The molecule has 0 saturated carbocycles. The number of carbonyl (C=O) groups is 1. The van der Waals surface area contributed by atoms with Crippen molar-refractivity contribution < 1.29 is 9.53 Å². The average Bonchev–Trinajstić information content (AvgIpc) is 3.22. The van der Waals surface area contributed by atoms with E-state index >= 15 is 0 Å². The van der Waals surface area contributed by atoms with Crippen LogP contribution in [0.15, 0.2) is 41.1 Å². The molecule has 0 saturated heterocycles. The number of thioether (sulfide) groups is 1. The summed E-state index contributed by atoms with van der Waals surface area (Å²) in [5.41, 5.74) is 1.76. The van der Waals surface area contributed by atoms with Crippen molar-refractivity contribution in [2.75, 3.05) is 24.0 Å². The molecule has 24 heavy (non-hydrogen) atoms. The summed E-state index contributed by atoms with van der Waals surface area (Å²) >= 11 is 2.57. The molecule has 0 fully saturated rings. The van der Waals surface area contributed by atoms with E-state index in [9.17, 15) is 4.79 Å². The number of nitrogens with one attached hydrogen (secondary N) is 1. The van der Waals surface area contributed by atoms with Crippen molar-refractivity contribution in [3.8, 4) is 17.0 Å². The number of aromatic nitrogens is 4. The van der Waals surface area contributed by atoms with Crippen molar-refractivity contribution in [3.63, 3.8) is 0 Å². The number of benzene rings is 1. The minimum atomic E-state index is -0.182. The molecule has 10 heteroatoms. The third-order valence-corrected chi connectivity index (χ3v) is 4.72. The molecule has 0 aliphatic carbocycles. The van der Waals surface area contributed by atoms with Crippen molar-refractivity contribution in [1.29, 1.82) is 0 Å². The number of anilines is 1. The highest BCUT2D eigenvalue weighted by molar-refractivity contribution is 7.99. The third kappa shape index (κ3) is 3.84. The maximum absolute atomic E-state index is 12.0. The molecule has 2 aromatic heterocycles. The van der Waals surface area contributed by atoms with Crippen LogP contribution in [0, 0.1) is 0 Å². The summed E-state index contributed by atoms with van der Waals surface area (Å²) in [6.45, 7) is 0. The SMILES string of the molecule is COc1ccc(-c2csc(NC(=O)CSc3nncn3N)n2)cc1. The molecule has 0 aliphatic rings. The van der Waals surface area contributed by atoms with Crippen LogP contribution in [0.25, 0.3) is 11.3 Å². The lowest BCUT2D eigenvalue weighted by atomic mass is 10.2. The van der Waals surface area contributed by atoms with Crippen LogP contribution < -0.4 is 15.9 Å². The number of hydrogen-bond donors (Lipinski definition) is 2. The highest BCUT2D eigenvalue weighted by Crippen LogP contribution is 2.26. The number of rotatable bonds is 6. The van der Waals surface area contributed by atoms with Gasteiger partial charge < -0.3 is 15.9 Å². The standard InChI is InChI=1S/C14H14N6O2S2/c1-22-10-4-2-9(3-5-10)11-6-23-13(17-11)18-12(21)7-24-14-19-16-8-20(14)15/h2-6,8H,7,15H2,1H3,(H,17,18,21). The van der Waals surface area contributed by atoms with Gasteiger partial charge in [0.15, 0.2) is 5.13 Å². The smallest absolute Gasteiger partial charge is 0.236 e. The normalized spacial score (nSPS) is 10.5. The first kappa shape index (κ1) is 16.3. The Bertz CT molecular complexity index is 830. The van der Waals surface area contributed by atoms with Crippen molar-refractivity contribution >= 4 is 34.1 Å².